The van der Waals surface area contributed by atoms with Crippen LogP contribution in [0.2, 0.25) is 0 Å². The van der Waals surface area contributed by atoms with Crippen LogP contribution in [0.25, 0.3) is 0 Å². The third-order valence-electron chi connectivity index (χ3n) is 4.05. The molecule has 1 N–H and O–H groups in total. The molecule has 25 heavy (non-hydrogen) atoms. The van der Waals surface area contributed by atoms with Gasteiger partial charge in [-0.1, -0.05) is 18.2 Å². The predicted octanol–water partition coefficient (Wildman–Crippen LogP) is 2.94. The van der Waals surface area contributed by atoms with Gasteiger partial charge in [0.15, 0.2) is 0 Å². The van der Waals surface area contributed by atoms with Crippen LogP contribution in [0.5, 0.6) is 0 Å². The molecule has 5 nitrogen and oxygen atoms in total. The molecule has 1 atom stereocenters. The smallest absolute Gasteiger partial charge is 0.255 e. The van der Waals surface area contributed by atoms with Gasteiger partial charge in [0.25, 0.3) is 5.91 Å². The average Bonchev–Trinajstić information content (AvgIpc) is 3.01. The molecule has 1 fully saturated rings. The number of hydrogen-bond donors (Lipinski definition) is 1. The van der Waals surface area contributed by atoms with Crippen LogP contribution in [-0.4, -0.2) is 28.8 Å². The minimum Gasteiger partial charge on any atom is -0.322 e. The predicted molar refractivity (Wildman–Crippen MR) is 100 cm³/mol. The summed E-state index contributed by atoms with van der Waals surface area (Å²) in [6, 6.07) is 14.4. The van der Waals surface area contributed by atoms with E-state index in [0.29, 0.717) is 30.0 Å². The highest BCUT2D eigenvalue weighted by atomic mass is 32.2. The molecule has 0 aliphatic carbocycles. The maximum atomic E-state index is 12.5. The van der Waals surface area contributed by atoms with Gasteiger partial charge in [0.2, 0.25) is 5.91 Å². The molecule has 3 rings (SSSR count). The van der Waals surface area contributed by atoms with Crippen LogP contribution in [0.15, 0.2) is 48.5 Å². The topological polar surface area (TPSA) is 66.5 Å². The second-order valence-electron chi connectivity index (χ2n) is 6.07. The fourth-order valence-corrected chi connectivity index (χ4v) is 3.56. The summed E-state index contributed by atoms with van der Waals surface area (Å²) in [5.74, 6) is 0.311. The van der Waals surface area contributed by atoms with Crippen molar-refractivity contribution >= 4 is 34.0 Å². The van der Waals surface area contributed by atoms with Crippen LogP contribution in [-0.2, 0) is 21.3 Å². The van der Waals surface area contributed by atoms with Gasteiger partial charge >= 0.3 is 0 Å². The van der Waals surface area contributed by atoms with E-state index < -0.39 is 10.8 Å². The van der Waals surface area contributed by atoms with Crippen molar-refractivity contribution in [2.75, 3.05) is 23.0 Å². The molecule has 1 aliphatic rings. The van der Waals surface area contributed by atoms with Crippen molar-refractivity contribution in [3.8, 4) is 0 Å². The van der Waals surface area contributed by atoms with Crippen LogP contribution in [0.1, 0.15) is 28.8 Å². The number of carbonyl (C=O) groups is 2. The number of amides is 2. The molecule has 1 saturated heterocycles. The molecule has 0 radical (unpaired) electrons. The molecule has 1 aliphatic heterocycles. The summed E-state index contributed by atoms with van der Waals surface area (Å²) >= 11 is 0. The number of rotatable bonds is 5. The van der Waals surface area contributed by atoms with Gasteiger partial charge < -0.3 is 10.2 Å². The molecule has 0 aromatic heterocycles. The van der Waals surface area contributed by atoms with Gasteiger partial charge in [0.05, 0.1) is 0 Å². The molecule has 130 valence electrons. The van der Waals surface area contributed by atoms with Gasteiger partial charge in [0, 0.05) is 52.7 Å². The molecule has 2 amide bonds. The number of benzene rings is 2. The first kappa shape index (κ1) is 17.4. The Morgan fingerprint density at radius 1 is 1.20 bits per heavy atom. The third kappa shape index (κ3) is 4.33. The average molecular weight is 356 g/mol. The van der Waals surface area contributed by atoms with Gasteiger partial charge in [0.1, 0.15) is 0 Å². The number of nitrogens with zero attached hydrogens (tertiary/aromatic N) is 1. The molecule has 2 aromatic carbocycles. The molecule has 0 spiro atoms. The fraction of sp³-hybridized carbons (Fsp3) is 0.263. The summed E-state index contributed by atoms with van der Waals surface area (Å²) in [5.41, 5.74) is 2.83. The Hall–Kier alpha value is -2.47. The van der Waals surface area contributed by atoms with E-state index >= 15 is 0 Å². The zero-order valence-electron chi connectivity index (χ0n) is 14.0. The van der Waals surface area contributed by atoms with Gasteiger partial charge in [-0.25, -0.2) is 0 Å². The standard InChI is InChI=1S/C19H20N2O3S/c1-25(24)13-14-5-2-6-15(11-14)19(23)20-16-7-3-8-17(12-16)21-10-4-9-18(21)22/h2-3,5-8,11-12H,4,9-10,13H2,1H3,(H,20,23). The Balaban J connectivity index is 1.75. The largest absolute Gasteiger partial charge is 0.322 e. The minimum absolute atomic E-state index is 0.115. The van der Waals surface area contributed by atoms with Crippen LogP contribution >= 0.6 is 0 Å². The number of carbonyl (C=O) groups excluding carboxylic acids is 2. The van der Waals surface area contributed by atoms with Gasteiger partial charge in [-0.2, -0.15) is 0 Å². The molecule has 6 heteroatoms. The van der Waals surface area contributed by atoms with E-state index in [1.54, 1.807) is 35.4 Å². The van der Waals surface area contributed by atoms with Gasteiger partial charge in [-0.05, 0) is 42.3 Å². The highest BCUT2D eigenvalue weighted by Gasteiger charge is 2.21. The normalized spacial score (nSPS) is 15.2. The summed E-state index contributed by atoms with van der Waals surface area (Å²) in [7, 11) is -0.953. The zero-order valence-corrected chi connectivity index (χ0v) is 14.8. The van der Waals surface area contributed by atoms with Gasteiger partial charge in [-0.3, -0.25) is 13.8 Å². The molecular formula is C19H20N2O3S. The second-order valence-corrected chi connectivity index (χ2v) is 7.51. The monoisotopic (exact) mass is 356 g/mol. The first-order chi connectivity index (χ1) is 12.0. The highest BCUT2D eigenvalue weighted by molar-refractivity contribution is 7.83. The van der Waals surface area contributed by atoms with Crippen LogP contribution in [0.3, 0.4) is 0 Å². The van der Waals surface area contributed by atoms with Crippen molar-refractivity contribution in [3.63, 3.8) is 0 Å². The highest BCUT2D eigenvalue weighted by Crippen LogP contribution is 2.24. The lowest BCUT2D eigenvalue weighted by molar-refractivity contribution is -0.117. The van der Waals surface area contributed by atoms with Crippen molar-refractivity contribution in [1.82, 2.24) is 0 Å². The number of nitrogens with one attached hydrogen (secondary N) is 1. The lowest BCUT2D eigenvalue weighted by Crippen LogP contribution is -2.23. The van der Waals surface area contributed by atoms with Crippen LogP contribution in [0.4, 0.5) is 11.4 Å². The van der Waals surface area contributed by atoms with Crippen LogP contribution < -0.4 is 10.2 Å². The summed E-state index contributed by atoms with van der Waals surface area (Å²) in [4.78, 5) is 26.1. The van der Waals surface area contributed by atoms with E-state index in [2.05, 4.69) is 5.32 Å². The van der Waals surface area contributed by atoms with Crippen molar-refractivity contribution in [1.29, 1.82) is 0 Å². The molecule has 1 heterocycles. The molecule has 0 bridgehead atoms. The first-order valence-corrected chi connectivity index (χ1v) is 9.86. The van der Waals surface area contributed by atoms with Crippen LogP contribution in [0, 0.1) is 0 Å². The molecule has 2 aromatic rings. The Morgan fingerprint density at radius 3 is 2.72 bits per heavy atom. The first-order valence-electron chi connectivity index (χ1n) is 8.14. The summed E-state index contributed by atoms with van der Waals surface area (Å²) in [6.45, 7) is 0.715. The van der Waals surface area contributed by atoms with Crippen molar-refractivity contribution < 1.29 is 13.8 Å². The summed E-state index contributed by atoms with van der Waals surface area (Å²) in [6.07, 6.45) is 3.07. The Bertz CT molecular complexity index is 835. The van der Waals surface area contributed by atoms with E-state index in [1.165, 1.54) is 0 Å². The van der Waals surface area contributed by atoms with E-state index in [-0.39, 0.29) is 11.8 Å². The molecular weight excluding hydrogens is 336 g/mol. The minimum atomic E-state index is -0.953. The number of hydrogen-bond acceptors (Lipinski definition) is 3. The van der Waals surface area contributed by atoms with E-state index in [1.807, 2.05) is 24.3 Å². The molecule has 1 unspecified atom stereocenters. The fourth-order valence-electron chi connectivity index (χ4n) is 2.91. The summed E-state index contributed by atoms with van der Waals surface area (Å²) < 4.78 is 11.4. The van der Waals surface area contributed by atoms with E-state index in [9.17, 15) is 13.8 Å². The second kappa shape index (κ2) is 7.61. The third-order valence-corrected chi connectivity index (χ3v) is 4.79. The van der Waals surface area contributed by atoms with Gasteiger partial charge in [-0.15, -0.1) is 0 Å². The number of anilines is 2. The molecule has 0 saturated carbocycles. The van der Waals surface area contributed by atoms with Crippen molar-refractivity contribution in [2.45, 2.75) is 18.6 Å². The zero-order chi connectivity index (χ0) is 17.8. The summed E-state index contributed by atoms with van der Waals surface area (Å²) in [5, 5.41) is 2.86. The lowest BCUT2D eigenvalue weighted by atomic mass is 10.1. The van der Waals surface area contributed by atoms with Crippen molar-refractivity contribution in [3.05, 3.63) is 59.7 Å². The quantitative estimate of drug-likeness (QED) is 0.896. The lowest BCUT2D eigenvalue weighted by Gasteiger charge is -2.16. The SMILES string of the molecule is CS(=O)Cc1cccc(C(=O)Nc2cccc(N3CCCC3=O)c2)c1. The maximum Gasteiger partial charge on any atom is 0.255 e. The van der Waals surface area contributed by atoms with Crippen molar-refractivity contribution in [2.24, 2.45) is 0 Å². The Morgan fingerprint density at radius 2 is 2.00 bits per heavy atom. The maximum absolute atomic E-state index is 12.5. The Kier molecular flexibility index (Phi) is 5.28. The van der Waals surface area contributed by atoms with E-state index in [4.69, 9.17) is 0 Å². The Labute approximate surface area is 149 Å². The van der Waals surface area contributed by atoms with E-state index in [0.717, 1.165) is 17.7 Å².